The van der Waals surface area contributed by atoms with Gasteiger partial charge in [0.2, 0.25) is 0 Å². The minimum atomic E-state index is 0.266. The van der Waals surface area contributed by atoms with Crippen molar-refractivity contribution in [3.63, 3.8) is 0 Å². The van der Waals surface area contributed by atoms with Crippen LogP contribution in [0.4, 0.5) is 5.69 Å². The topological polar surface area (TPSA) is 43.1 Å². The van der Waals surface area contributed by atoms with E-state index < -0.39 is 0 Å². The Morgan fingerprint density at radius 2 is 1.48 bits per heavy atom. The summed E-state index contributed by atoms with van der Waals surface area (Å²) < 4.78 is 0. The minimum absolute atomic E-state index is 0.266. The number of aryl methyl sites for hydroxylation is 1. The molecule has 0 aromatic heterocycles. The molecule has 0 saturated heterocycles. The average Bonchev–Trinajstić information content (AvgIpc) is 2.48. The maximum absolute atomic E-state index is 10.9. The first-order chi connectivity index (χ1) is 10.1. The van der Waals surface area contributed by atoms with Crippen molar-refractivity contribution in [1.29, 1.82) is 0 Å². The van der Waals surface area contributed by atoms with E-state index in [0.29, 0.717) is 6.42 Å². The highest BCUT2D eigenvalue weighted by Gasteiger charge is 2.00. The Hall–Kier alpha value is -1.39. The Labute approximate surface area is 133 Å². The van der Waals surface area contributed by atoms with Crippen LogP contribution in [0.15, 0.2) is 58.3 Å². The van der Waals surface area contributed by atoms with Crippen molar-refractivity contribution < 1.29 is 4.79 Å². The molecular weight excluding hydrogens is 298 g/mol. The molecule has 0 bridgehead atoms. The largest absolute Gasteiger partial charge is 0.399 e. The van der Waals surface area contributed by atoms with E-state index in [1.807, 2.05) is 24.3 Å². The molecule has 0 unspecified atom stereocenters. The number of Topliss-reactive ketones (excluding diaryl/α,β-unsaturated/α-hetero) is 1. The van der Waals surface area contributed by atoms with Crippen molar-refractivity contribution in [3.8, 4) is 0 Å². The number of carbonyl (C=O) groups is 1. The summed E-state index contributed by atoms with van der Waals surface area (Å²) in [5.41, 5.74) is 7.75. The van der Waals surface area contributed by atoms with E-state index in [4.69, 9.17) is 5.73 Å². The van der Waals surface area contributed by atoms with Gasteiger partial charge in [0.25, 0.3) is 0 Å². The van der Waals surface area contributed by atoms with Gasteiger partial charge >= 0.3 is 0 Å². The number of carbonyl (C=O) groups excluding carboxylic acids is 1. The molecule has 0 aliphatic rings. The second-order valence-electron chi connectivity index (χ2n) is 4.94. The molecule has 0 amide bonds. The molecule has 0 radical (unpaired) electrons. The average molecular weight is 317 g/mol. The van der Waals surface area contributed by atoms with Gasteiger partial charge in [-0.1, -0.05) is 33.7 Å². The zero-order chi connectivity index (χ0) is 15.1. The van der Waals surface area contributed by atoms with Crippen molar-refractivity contribution in [2.75, 3.05) is 5.73 Å². The zero-order valence-electron chi connectivity index (χ0n) is 12.0. The van der Waals surface area contributed by atoms with Crippen LogP contribution < -0.4 is 5.73 Å². The molecule has 0 spiro atoms. The molecule has 110 valence electrons. The monoisotopic (exact) mass is 317 g/mol. The Bertz CT molecular complexity index is 579. The van der Waals surface area contributed by atoms with Gasteiger partial charge in [0, 0.05) is 21.9 Å². The number of nitrogen functional groups attached to an aromatic ring is 1. The summed E-state index contributed by atoms with van der Waals surface area (Å²) in [5.74, 6) is 0.266. The molecule has 4 heteroatoms. The van der Waals surface area contributed by atoms with Gasteiger partial charge in [-0.05, 0) is 61.7 Å². The van der Waals surface area contributed by atoms with Gasteiger partial charge in [-0.3, -0.25) is 0 Å². The van der Waals surface area contributed by atoms with Gasteiger partial charge < -0.3 is 10.5 Å². The third kappa shape index (κ3) is 5.86. The third-order valence-corrected chi connectivity index (χ3v) is 5.45. The Morgan fingerprint density at radius 1 is 0.952 bits per heavy atom. The fourth-order valence-corrected chi connectivity index (χ4v) is 3.80. The van der Waals surface area contributed by atoms with E-state index in [2.05, 4.69) is 24.3 Å². The van der Waals surface area contributed by atoms with Crippen LogP contribution in [0.2, 0.25) is 0 Å². The maximum Gasteiger partial charge on any atom is 0.129 e. The van der Waals surface area contributed by atoms with Gasteiger partial charge in [-0.25, -0.2) is 0 Å². The molecule has 0 atom stereocenters. The number of ketones is 1. The Kier molecular flexibility index (Phi) is 6.21. The number of nitrogens with two attached hydrogens (primary N) is 1. The summed E-state index contributed by atoms with van der Waals surface area (Å²) in [6.07, 6.45) is 2.57. The molecule has 2 N–H and O–H groups in total. The first-order valence-corrected chi connectivity index (χ1v) is 9.07. The minimum Gasteiger partial charge on any atom is -0.399 e. The summed E-state index contributed by atoms with van der Waals surface area (Å²) in [5, 5.41) is 0. The summed E-state index contributed by atoms with van der Waals surface area (Å²) >= 11 is 0. The van der Waals surface area contributed by atoms with E-state index in [9.17, 15) is 4.79 Å². The van der Waals surface area contributed by atoms with Crippen LogP contribution in [0.5, 0.6) is 0 Å². The van der Waals surface area contributed by atoms with E-state index >= 15 is 0 Å². The predicted octanol–water partition coefficient (Wildman–Crippen LogP) is 4.98. The highest BCUT2D eigenvalue weighted by Crippen LogP contribution is 2.37. The summed E-state index contributed by atoms with van der Waals surface area (Å²) in [7, 11) is 3.46. The quantitative estimate of drug-likeness (QED) is 0.578. The normalized spacial score (nSPS) is 10.5. The molecule has 21 heavy (non-hydrogen) atoms. The fourth-order valence-electron chi connectivity index (χ4n) is 1.87. The van der Waals surface area contributed by atoms with Crippen molar-refractivity contribution >= 4 is 33.1 Å². The molecule has 0 fully saturated rings. The van der Waals surface area contributed by atoms with E-state index in [0.717, 1.165) is 18.5 Å². The van der Waals surface area contributed by atoms with Crippen LogP contribution in [-0.4, -0.2) is 5.78 Å². The van der Waals surface area contributed by atoms with Gasteiger partial charge in [0.15, 0.2) is 0 Å². The third-order valence-electron chi connectivity index (χ3n) is 3.03. The first kappa shape index (κ1) is 16.0. The molecule has 2 aromatic carbocycles. The van der Waals surface area contributed by atoms with Crippen LogP contribution >= 0.6 is 21.6 Å². The highest BCUT2D eigenvalue weighted by atomic mass is 33.1. The number of benzene rings is 2. The highest BCUT2D eigenvalue weighted by molar-refractivity contribution is 8.76. The second-order valence-corrected chi connectivity index (χ2v) is 7.21. The van der Waals surface area contributed by atoms with Crippen molar-refractivity contribution in [3.05, 3.63) is 54.1 Å². The summed E-state index contributed by atoms with van der Waals surface area (Å²) in [4.78, 5) is 13.3. The lowest BCUT2D eigenvalue weighted by atomic mass is 10.1. The van der Waals surface area contributed by atoms with Crippen molar-refractivity contribution in [2.24, 2.45) is 0 Å². The predicted molar refractivity (Wildman–Crippen MR) is 92.6 cm³/mol. The Morgan fingerprint density at radius 3 is 2.00 bits per heavy atom. The number of hydrogen-bond acceptors (Lipinski definition) is 4. The molecule has 0 aliphatic carbocycles. The SMILES string of the molecule is CC(=O)CCCc1ccc(SSc2ccc(N)cc2)cc1. The van der Waals surface area contributed by atoms with Crippen LogP contribution in [0.25, 0.3) is 0 Å². The second kappa shape index (κ2) is 8.15. The number of anilines is 1. The zero-order valence-corrected chi connectivity index (χ0v) is 13.7. The first-order valence-electron chi connectivity index (χ1n) is 6.92. The molecular formula is C17H19NOS2. The molecule has 2 aromatic rings. The van der Waals surface area contributed by atoms with Gasteiger partial charge in [0.05, 0.1) is 0 Å². The standard InChI is InChI=1S/C17H19NOS2/c1-13(19)3-2-4-14-5-9-16(10-6-14)20-21-17-11-7-15(18)8-12-17/h5-12H,2-4,18H2,1H3. The van der Waals surface area contributed by atoms with Crippen molar-refractivity contribution in [2.45, 2.75) is 36.0 Å². The lowest BCUT2D eigenvalue weighted by molar-refractivity contribution is -0.117. The van der Waals surface area contributed by atoms with Crippen LogP contribution in [0, 0.1) is 0 Å². The van der Waals surface area contributed by atoms with E-state index in [1.54, 1.807) is 28.5 Å². The fraction of sp³-hybridized carbons (Fsp3) is 0.235. The summed E-state index contributed by atoms with van der Waals surface area (Å²) in [6.45, 7) is 1.65. The molecule has 2 nitrogen and oxygen atoms in total. The van der Waals surface area contributed by atoms with Gasteiger partial charge in [-0.2, -0.15) is 0 Å². The smallest absolute Gasteiger partial charge is 0.129 e. The molecule has 0 aliphatic heterocycles. The lowest BCUT2D eigenvalue weighted by Crippen LogP contribution is -1.92. The maximum atomic E-state index is 10.9. The molecule has 2 rings (SSSR count). The van der Waals surface area contributed by atoms with Crippen LogP contribution in [0.1, 0.15) is 25.3 Å². The number of hydrogen-bond donors (Lipinski definition) is 1. The molecule has 0 heterocycles. The van der Waals surface area contributed by atoms with E-state index in [-0.39, 0.29) is 5.78 Å². The Balaban J connectivity index is 1.81. The van der Waals surface area contributed by atoms with Crippen molar-refractivity contribution in [1.82, 2.24) is 0 Å². The lowest BCUT2D eigenvalue weighted by Gasteiger charge is -2.04. The van der Waals surface area contributed by atoms with Crippen LogP contribution in [0.3, 0.4) is 0 Å². The number of rotatable bonds is 7. The summed E-state index contributed by atoms with van der Waals surface area (Å²) in [6, 6.07) is 16.5. The van der Waals surface area contributed by atoms with Gasteiger partial charge in [0.1, 0.15) is 5.78 Å². The molecule has 0 saturated carbocycles. The van der Waals surface area contributed by atoms with Crippen LogP contribution in [-0.2, 0) is 11.2 Å². The van der Waals surface area contributed by atoms with E-state index in [1.165, 1.54) is 15.4 Å². The van der Waals surface area contributed by atoms with Gasteiger partial charge in [-0.15, -0.1) is 0 Å².